The quantitative estimate of drug-likeness (QED) is 0.129. The van der Waals surface area contributed by atoms with Crippen LogP contribution in [0.4, 0.5) is 0 Å². The van der Waals surface area contributed by atoms with E-state index in [2.05, 4.69) is 403 Å². The topological polar surface area (TPSA) is 142 Å². The number of fused-ring (bicyclic) bond motifs is 28. The van der Waals surface area contributed by atoms with Crippen molar-refractivity contribution in [3.63, 3.8) is 0 Å². The van der Waals surface area contributed by atoms with Crippen molar-refractivity contribution in [3.8, 4) is 169 Å². The summed E-state index contributed by atoms with van der Waals surface area (Å²) in [6.45, 7) is 23.2. The van der Waals surface area contributed by atoms with E-state index in [-0.39, 0.29) is 27.1 Å². The van der Waals surface area contributed by atoms with Gasteiger partial charge in [-0.05, 0) is 177 Å². The van der Waals surface area contributed by atoms with Gasteiger partial charge >= 0.3 is 0 Å². The number of aromatic nitrogens is 9. The van der Waals surface area contributed by atoms with Crippen LogP contribution in [0.15, 0.2) is 415 Å². The summed E-state index contributed by atoms with van der Waals surface area (Å²) in [5.74, 6) is 6.00. The first kappa shape index (κ1) is 88.0. The van der Waals surface area contributed by atoms with Crippen molar-refractivity contribution >= 4 is 86.2 Å². The van der Waals surface area contributed by atoms with E-state index in [1.54, 1.807) is 0 Å². The van der Waals surface area contributed by atoms with Crippen molar-refractivity contribution in [2.75, 3.05) is 0 Å². The molecule has 0 saturated heterocycles. The number of para-hydroxylation sites is 2. The summed E-state index contributed by atoms with van der Waals surface area (Å²) >= 11 is 1.90. The highest BCUT2D eigenvalue weighted by molar-refractivity contribution is 7.26. The van der Waals surface area contributed by atoms with Gasteiger partial charge < -0.3 is 8.83 Å². The molecule has 12 heteroatoms. The van der Waals surface area contributed by atoms with Crippen LogP contribution >= 0.6 is 11.3 Å². The van der Waals surface area contributed by atoms with E-state index in [1.807, 2.05) is 84.1 Å². The van der Waals surface area contributed by atoms with Gasteiger partial charge in [-0.15, -0.1) is 11.3 Å². The number of benzene rings is 19. The third-order valence-corrected chi connectivity index (χ3v) is 33.4. The summed E-state index contributed by atoms with van der Waals surface area (Å²) in [5.41, 5.74) is 39.6. The van der Waals surface area contributed by atoms with Crippen LogP contribution in [0.25, 0.3) is 244 Å². The van der Waals surface area contributed by atoms with Gasteiger partial charge in [0, 0.05) is 130 Å². The molecule has 0 amide bonds. The smallest absolute Gasteiger partial charge is 0.164 e. The number of nitrogens with zero attached hydrogens (tertiary/aromatic N) is 9. The lowest BCUT2D eigenvalue weighted by Gasteiger charge is -2.22. The highest BCUT2D eigenvalue weighted by Crippen LogP contribution is 2.60. The molecule has 0 unspecified atom stereocenters. The first-order valence-corrected chi connectivity index (χ1v) is 51.7. The molecule has 6 aromatic heterocycles. The molecule has 0 aliphatic heterocycles. The number of furan rings is 2. The van der Waals surface area contributed by atoms with Gasteiger partial charge in [-0.25, -0.2) is 44.9 Å². The molecule has 25 aromatic rings. The zero-order valence-electron chi connectivity index (χ0n) is 83.4. The molecular weight excluding hydrogens is 1820 g/mol. The first-order chi connectivity index (χ1) is 72.1. The Balaban J connectivity index is 0.000000107. The van der Waals surface area contributed by atoms with E-state index in [9.17, 15) is 0 Å². The van der Waals surface area contributed by atoms with Crippen LogP contribution < -0.4 is 0 Å². The van der Waals surface area contributed by atoms with E-state index in [1.165, 1.54) is 153 Å². The molecule has 704 valence electrons. The fourth-order valence-corrected chi connectivity index (χ4v) is 25.8. The molecule has 0 bridgehead atoms. The maximum Gasteiger partial charge on any atom is 0.164 e. The van der Waals surface area contributed by atoms with Crippen LogP contribution in [0, 0.1) is 0 Å². The predicted molar refractivity (Wildman–Crippen MR) is 607 cm³/mol. The molecule has 0 spiro atoms. The van der Waals surface area contributed by atoms with Crippen LogP contribution in [0.5, 0.6) is 0 Å². The Bertz CT molecular complexity index is 9530. The normalized spacial score (nSPS) is 14.3. The van der Waals surface area contributed by atoms with Crippen LogP contribution in [-0.4, -0.2) is 44.9 Å². The average molecular weight is 1920 g/mol. The van der Waals surface area contributed by atoms with Crippen LogP contribution in [-0.2, 0) is 27.1 Å². The first-order valence-electron chi connectivity index (χ1n) is 50.9. The zero-order chi connectivity index (χ0) is 99.5. The van der Waals surface area contributed by atoms with E-state index in [4.69, 9.17) is 53.7 Å². The SMILES string of the molecule is CC1(C)c2cccc(-c3nc(-c4ccccc4)nc(-c4ccc(-c5ccc6ccccc6c5)cc4)n3)c2-c2ccc3oc4ccccc4c3c21.CC1(C)c2ccccc2-c2ccc(-c3nc(-c4ccccc4)nc(-c4ccc5c(c4)C(C)(C)c4ccc6c(oc7ccccc76)c4-5)n3)cc21.CC1(C)c2ccccc2-c2ccc(-c3nc(-c4ccccc4)nc(-c4ccc5c(c4)C(C)(C)c4ccc6c(sc7ccccc76)c4-5)n3)cc21. The molecule has 30 rings (SSSR count). The Kier molecular flexibility index (Phi) is 19.7. The molecule has 0 atom stereocenters. The van der Waals surface area contributed by atoms with Crippen molar-refractivity contribution in [2.45, 2.75) is 96.3 Å². The third kappa shape index (κ3) is 13.8. The molecule has 148 heavy (non-hydrogen) atoms. The van der Waals surface area contributed by atoms with E-state index in [0.29, 0.717) is 52.4 Å². The van der Waals surface area contributed by atoms with Gasteiger partial charge in [0.25, 0.3) is 0 Å². The maximum absolute atomic E-state index is 6.52. The molecule has 0 N–H and O–H groups in total. The van der Waals surface area contributed by atoms with Crippen molar-refractivity contribution in [3.05, 3.63) is 462 Å². The average Bonchev–Trinajstić information content (AvgIpc) is 1.55. The van der Waals surface area contributed by atoms with Crippen molar-refractivity contribution in [1.29, 1.82) is 0 Å². The van der Waals surface area contributed by atoms with Gasteiger partial charge in [-0.1, -0.05) is 421 Å². The second-order valence-corrected chi connectivity index (χ2v) is 43.6. The minimum absolute atomic E-state index is 0.111. The summed E-state index contributed by atoms with van der Waals surface area (Å²) in [6, 6.07) is 144. The summed E-state index contributed by atoms with van der Waals surface area (Å²) in [5, 5.41) is 9.75. The van der Waals surface area contributed by atoms with Gasteiger partial charge in [0.2, 0.25) is 0 Å². The van der Waals surface area contributed by atoms with E-state index >= 15 is 0 Å². The Hall–Kier alpha value is -17.7. The van der Waals surface area contributed by atoms with E-state index in [0.717, 1.165) is 94.1 Å². The van der Waals surface area contributed by atoms with Crippen molar-refractivity contribution in [2.24, 2.45) is 0 Å². The summed E-state index contributed by atoms with van der Waals surface area (Å²) in [6.07, 6.45) is 0. The standard InChI is InChI=1S/C46H31N3O.C45H33N3O.C45H33N3S/c1-46(2)37-17-10-16-36(40(37)35-25-26-39-41(42(35)46)34-15-8-9-18-38(34)50-39)45-48-43(30-12-4-3-5-13-30)47-44(49-45)31-22-19-29(20-23-31)33-24-21-28-11-6-7-14-32(28)27-33;2*1-44(2)34-16-10-8-14-29(34)30-20-18-27(24-36(30)44)42-46-41(26-12-6-5-7-13-26)47-43(48-42)28-19-21-33-37(25-28)45(3,4)35-23-22-32-31-15-9-11-17-38(31)49-40(32)39(33)35/h3-27H,1-2H3;2*5-25H,1-4H3. The second-order valence-electron chi connectivity index (χ2n) is 42.5. The summed E-state index contributed by atoms with van der Waals surface area (Å²) < 4.78 is 15.6. The molecular formula is C136H97N9O2S. The molecule has 0 saturated carbocycles. The largest absolute Gasteiger partial charge is 0.456 e. The molecule has 5 aliphatic carbocycles. The lowest BCUT2D eigenvalue weighted by Crippen LogP contribution is -2.15. The number of hydrogen-bond acceptors (Lipinski definition) is 12. The summed E-state index contributed by atoms with van der Waals surface area (Å²) in [7, 11) is 0. The van der Waals surface area contributed by atoms with Gasteiger partial charge in [-0.2, -0.15) is 0 Å². The fraction of sp³-hybridized carbons (Fsp3) is 0.110. The van der Waals surface area contributed by atoms with Crippen LogP contribution in [0.2, 0.25) is 0 Å². The molecule has 0 radical (unpaired) electrons. The molecule has 11 nitrogen and oxygen atoms in total. The van der Waals surface area contributed by atoms with Gasteiger partial charge in [-0.3, -0.25) is 0 Å². The Morgan fingerprint density at radius 1 is 0.189 bits per heavy atom. The van der Waals surface area contributed by atoms with Crippen molar-refractivity contribution in [1.82, 2.24) is 44.9 Å². The highest BCUT2D eigenvalue weighted by Gasteiger charge is 2.44. The molecule has 0 fully saturated rings. The number of thiophene rings is 1. The molecule has 5 aliphatic rings. The minimum Gasteiger partial charge on any atom is -0.456 e. The Morgan fingerprint density at radius 3 is 1.10 bits per heavy atom. The fourth-order valence-electron chi connectivity index (χ4n) is 24.5. The Labute approximate surface area is 861 Å². The molecule has 6 heterocycles. The van der Waals surface area contributed by atoms with Crippen molar-refractivity contribution < 1.29 is 8.83 Å². The predicted octanol–water partition coefficient (Wildman–Crippen LogP) is 35.1. The lowest BCUT2D eigenvalue weighted by molar-refractivity contribution is 0.653. The maximum atomic E-state index is 6.52. The summed E-state index contributed by atoms with van der Waals surface area (Å²) in [4.78, 5) is 46.2. The number of hydrogen-bond donors (Lipinski definition) is 0. The molecule has 19 aromatic carbocycles. The minimum atomic E-state index is -0.260. The lowest BCUT2D eigenvalue weighted by atomic mass is 9.80. The van der Waals surface area contributed by atoms with Gasteiger partial charge in [0.05, 0.1) is 0 Å². The monoisotopic (exact) mass is 1920 g/mol. The van der Waals surface area contributed by atoms with E-state index < -0.39 is 0 Å². The second kappa shape index (κ2) is 33.2. The number of rotatable bonds is 10. The highest BCUT2D eigenvalue weighted by atomic mass is 32.1. The van der Waals surface area contributed by atoms with Gasteiger partial charge in [0.1, 0.15) is 22.3 Å². The van der Waals surface area contributed by atoms with Crippen LogP contribution in [0.1, 0.15) is 125 Å². The third-order valence-electron chi connectivity index (χ3n) is 32.2. The zero-order valence-corrected chi connectivity index (χ0v) is 84.2. The van der Waals surface area contributed by atoms with Crippen LogP contribution in [0.3, 0.4) is 0 Å². The van der Waals surface area contributed by atoms with Gasteiger partial charge in [0.15, 0.2) is 52.4 Å². The Morgan fingerprint density at radius 2 is 0.554 bits per heavy atom.